The zero-order valence-corrected chi connectivity index (χ0v) is 16.5. The van der Waals surface area contributed by atoms with Gasteiger partial charge in [0.05, 0.1) is 0 Å². The number of nitrogen functional groups attached to an aromatic ring is 1. The Hall–Kier alpha value is -3.34. The molecule has 0 unspecified atom stereocenters. The number of nitrogens with two attached hydrogens (primary N) is 1. The second kappa shape index (κ2) is 7.24. The molecule has 4 aromatic rings. The molecule has 2 aromatic carbocycles. The Labute approximate surface area is 170 Å². The van der Waals surface area contributed by atoms with E-state index < -0.39 is 0 Å². The number of ether oxygens (including phenoxy) is 1. The Morgan fingerprint density at radius 2 is 1.93 bits per heavy atom. The number of nitrogens with zero attached hydrogens (tertiary/aromatic N) is 3. The van der Waals surface area contributed by atoms with Gasteiger partial charge >= 0.3 is 0 Å². The van der Waals surface area contributed by atoms with Crippen LogP contribution in [0.4, 0.5) is 5.82 Å². The van der Waals surface area contributed by atoms with E-state index in [2.05, 4.69) is 34.5 Å². The molecule has 5 rings (SSSR count). The van der Waals surface area contributed by atoms with Gasteiger partial charge in [-0.05, 0) is 36.5 Å². The molecule has 29 heavy (non-hydrogen) atoms. The molecule has 0 bridgehead atoms. The van der Waals surface area contributed by atoms with Crippen molar-refractivity contribution in [2.24, 2.45) is 5.92 Å². The van der Waals surface area contributed by atoms with Gasteiger partial charge in [-0.2, -0.15) is 0 Å². The first-order valence-electron chi connectivity index (χ1n) is 10.1. The number of hydrogen-bond donors (Lipinski definition) is 1. The summed E-state index contributed by atoms with van der Waals surface area (Å²) in [7, 11) is 0. The third-order valence-electron chi connectivity index (χ3n) is 5.71. The molecule has 146 valence electrons. The third-order valence-corrected chi connectivity index (χ3v) is 5.71. The van der Waals surface area contributed by atoms with Crippen molar-refractivity contribution in [3.8, 4) is 17.0 Å². The number of fused-ring (bicyclic) bond motifs is 1. The summed E-state index contributed by atoms with van der Waals surface area (Å²) in [5.74, 6) is 3.63. The zero-order chi connectivity index (χ0) is 19.8. The number of benzene rings is 2. The lowest BCUT2D eigenvalue weighted by atomic mass is 9.76. The minimum absolute atomic E-state index is 0.477. The predicted octanol–water partition coefficient (Wildman–Crippen LogP) is 5.07. The van der Waals surface area contributed by atoms with Crippen LogP contribution < -0.4 is 10.5 Å². The highest BCUT2D eigenvalue weighted by Gasteiger charge is 2.31. The third kappa shape index (κ3) is 3.33. The molecule has 5 heteroatoms. The summed E-state index contributed by atoms with van der Waals surface area (Å²) in [5, 5.41) is 0. The molecule has 5 nitrogen and oxygen atoms in total. The summed E-state index contributed by atoms with van der Waals surface area (Å²) in [6.07, 6.45) is 6.05. The highest BCUT2D eigenvalue weighted by molar-refractivity contribution is 5.85. The maximum atomic E-state index is 6.26. The van der Waals surface area contributed by atoms with E-state index in [1.807, 2.05) is 42.6 Å². The van der Waals surface area contributed by atoms with Crippen molar-refractivity contribution < 1.29 is 4.74 Å². The molecule has 0 atom stereocenters. The van der Waals surface area contributed by atoms with Gasteiger partial charge in [0.15, 0.2) is 0 Å². The molecule has 2 heterocycles. The van der Waals surface area contributed by atoms with Gasteiger partial charge in [0.25, 0.3) is 0 Å². The molecule has 1 saturated carbocycles. The lowest BCUT2D eigenvalue weighted by Crippen LogP contribution is -2.21. The second-order valence-corrected chi connectivity index (χ2v) is 7.93. The Morgan fingerprint density at radius 1 is 1.10 bits per heavy atom. The maximum absolute atomic E-state index is 6.26. The number of hydrogen-bond acceptors (Lipinski definition) is 4. The fourth-order valence-electron chi connectivity index (χ4n) is 4.16. The summed E-state index contributed by atoms with van der Waals surface area (Å²) in [6.45, 7) is 2.82. The number of imidazole rings is 1. The normalized spacial score (nSPS) is 18.5. The summed E-state index contributed by atoms with van der Waals surface area (Å²) in [4.78, 5) is 9.33. The molecule has 0 aliphatic heterocycles. The molecule has 0 amide bonds. The van der Waals surface area contributed by atoms with Crippen LogP contribution >= 0.6 is 0 Å². The molecule has 0 radical (unpaired) electrons. The summed E-state index contributed by atoms with van der Waals surface area (Å²) in [5.41, 5.74) is 10.1. The summed E-state index contributed by atoms with van der Waals surface area (Å²) >= 11 is 0. The number of rotatable bonds is 5. The minimum atomic E-state index is 0.477. The highest BCUT2D eigenvalue weighted by Crippen LogP contribution is 2.42. The first kappa shape index (κ1) is 17.7. The molecular formula is C24H24N4O. The van der Waals surface area contributed by atoms with E-state index in [1.54, 1.807) is 6.20 Å². The van der Waals surface area contributed by atoms with Crippen LogP contribution in [0, 0.1) is 5.92 Å². The van der Waals surface area contributed by atoms with Crippen molar-refractivity contribution in [1.29, 1.82) is 0 Å². The Kier molecular flexibility index (Phi) is 4.43. The van der Waals surface area contributed by atoms with Crippen molar-refractivity contribution in [3.63, 3.8) is 0 Å². The first-order chi connectivity index (χ1) is 14.2. The van der Waals surface area contributed by atoms with Crippen LogP contribution in [-0.2, 0) is 6.61 Å². The van der Waals surface area contributed by atoms with Crippen LogP contribution in [0.1, 0.15) is 37.1 Å². The molecule has 1 aliphatic carbocycles. The van der Waals surface area contributed by atoms with Gasteiger partial charge in [0, 0.05) is 23.9 Å². The minimum Gasteiger partial charge on any atom is -0.489 e. The van der Waals surface area contributed by atoms with E-state index >= 15 is 0 Å². The fraction of sp³-hybridized carbons (Fsp3) is 0.250. The number of anilines is 1. The van der Waals surface area contributed by atoms with Crippen molar-refractivity contribution in [3.05, 3.63) is 78.4 Å². The quantitative estimate of drug-likeness (QED) is 0.522. The van der Waals surface area contributed by atoms with E-state index in [-0.39, 0.29) is 0 Å². The van der Waals surface area contributed by atoms with Gasteiger partial charge in [-0.1, -0.05) is 49.4 Å². The summed E-state index contributed by atoms with van der Waals surface area (Å²) in [6, 6.07) is 18.2. The molecule has 0 saturated heterocycles. The Balaban J connectivity index is 1.50. The van der Waals surface area contributed by atoms with Crippen molar-refractivity contribution >= 4 is 11.3 Å². The van der Waals surface area contributed by atoms with Crippen LogP contribution in [0.5, 0.6) is 5.75 Å². The van der Waals surface area contributed by atoms with Gasteiger partial charge in [0.1, 0.15) is 35.2 Å². The largest absolute Gasteiger partial charge is 0.489 e. The monoisotopic (exact) mass is 384 g/mol. The molecule has 0 spiro atoms. The van der Waals surface area contributed by atoms with Gasteiger partial charge in [-0.15, -0.1) is 0 Å². The van der Waals surface area contributed by atoms with Crippen molar-refractivity contribution in [2.75, 3.05) is 5.73 Å². The first-order valence-corrected chi connectivity index (χ1v) is 10.1. The molecule has 2 N–H and O–H groups in total. The average molecular weight is 384 g/mol. The van der Waals surface area contributed by atoms with Gasteiger partial charge in [-0.25, -0.2) is 9.97 Å². The lowest BCUT2D eigenvalue weighted by Gasteiger charge is -2.31. The molecule has 1 fully saturated rings. The topological polar surface area (TPSA) is 65.4 Å². The van der Waals surface area contributed by atoms with E-state index in [9.17, 15) is 0 Å². The average Bonchev–Trinajstić information content (AvgIpc) is 3.11. The lowest BCUT2D eigenvalue weighted by molar-refractivity contribution is 0.277. The maximum Gasteiger partial charge on any atom is 0.150 e. The standard InChI is InChI=1S/C24H24N4O/c1-16-12-19(13-16)24-27-21(22-23(25)26-10-11-28(22)24)18-8-5-9-20(14-18)29-15-17-6-3-2-4-7-17/h2-11,14,16,19H,12-13,15H2,1H3,(H2,25,26)/t16-,19+. The fourth-order valence-corrected chi connectivity index (χ4v) is 4.16. The van der Waals surface area contributed by atoms with Crippen LogP contribution in [0.15, 0.2) is 67.0 Å². The van der Waals surface area contributed by atoms with E-state index in [0.29, 0.717) is 18.3 Å². The van der Waals surface area contributed by atoms with Crippen molar-refractivity contribution in [2.45, 2.75) is 32.3 Å². The predicted molar refractivity (Wildman–Crippen MR) is 115 cm³/mol. The van der Waals surface area contributed by atoms with Crippen LogP contribution in [0.2, 0.25) is 0 Å². The Morgan fingerprint density at radius 3 is 2.72 bits per heavy atom. The van der Waals surface area contributed by atoms with E-state index in [1.165, 1.54) is 12.8 Å². The SMILES string of the molecule is C[C@H]1C[C@@H](c2nc(-c3cccc(OCc4ccccc4)c3)c3c(N)nccn32)C1. The molecule has 1 aliphatic rings. The Bertz CT molecular complexity index is 1150. The van der Waals surface area contributed by atoms with Gasteiger partial charge < -0.3 is 10.5 Å². The highest BCUT2D eigenvalue weighted by atomic mass is 16.5. The van der Waals surface area contributed by atoms with Gasteiger partial charge in [0.2, 0.25) is 0 Å². The van der Waals surface area contributed by atoms with E-state index in [4.69, 9.17) is 15.5 Å². The smallest absolute Gasteiger partial charge is 0.150 e. The van der Waals surface area contributed by atoms with Crippen LogP contribution in [-0.4, -0.2) is 14.4 Å². The van der Waals surface area contributed by atoms with Gasteiger partial charge in [-0.3, -0.25) is 4.40 Å². The van der Waals surface area contributed by atoms with Crippen molar-refractivity contribution in [1.82, 2.24) is 14.4 Å². The van der Waals surface area contributed by atoms with E-state index in [0.717, 1.165) is 39.8 Å². The molecular weight excluding hydrogens is 360 g/mol. The molecule has 2 aromatic heterocycles. The summed E-state index contributed by atoms with van der Waals surface area (Å²) < 4.78 is 8.13. The second-order valence-electron chi connectivity index (χ2n) is 7.93. The van der Waals surface area contributed by atoms with Crippen LogP contribution in [0.3, 0.4) is 0 Å². The zero-order valence-electron chi connectivity index (χ0n) is 16.5. The van der Waals surface area contributed by atoms with Crippen LogP contribution in [0.25, 0.3) is 16.8 Å². The number of aromatic nitrogens is 3.